The predicted molar refractivity (Wildman–Crippen MR) is 276 cm³/mol. The summed E-state index contributed by atoms with van der Waals surface area (Å²) in [6.45, 7) is 0. The molecule has 14 N–H and O–H groups in total. The van der Waals surface area contributed by atoms with Crippen molar-refractivity contribution in [3.63, 3.8) is 0 Å². The largest absolute Gasteiger partial charge is 0.387 e. The average molecular weight is 1250 g/mol. The molecule has 0 spiro atoms. The highest BCUT2D eigenvalue weighted by atomic mass is 32.1. The molecule has 14 bridgehead atoms. The minimum atomic E-state index is -1.99. The first kappa shape index (κ1) is 64.3. The Morgan fingerprint density at radius 3 is 0.364 bits per heavy atom. The Labute approximate surface area is 478 Å². The lowest BCUT2D eigenvalue weighted by molar-refractivity contribution is -0.389. The van der Waals surface area contributed by atoms with E-state index in [4.69, 9.17) is 66.3 Å². The van der Waals surface area contributed by atoms with E-state index in [0.29, 0.717) is 0 Å². The lowest BCUT2D eigenvalue weighted by Gasteiger charge is -2.50. The Morgan fingerprint density at radius 1 is 0.169 bits per heavy atom. The van der Waals surface area contributed by atoms with Crippen molar-refractivity contribution < 1.29 is 138 Å². The van der Waals surface area contributed by atoms with Gasteiger partial charge in [-0.1, -0.05) is 0 Å². The Kier molecular flexibility index (Phi) is 23.2. The van der Waals surface area contributed by atoms with Gasteiger partial charge in [-0.15, -0.1) is 0 Å². The molecule has 21 heterocycles. The lowest BCUT2D eigenvalue weighted by atomic mass is 9.95. The number of hydrogen-bond acceptors (Lipinski definition) is 35. The molecule has 14 unspecified atom stereocenters. The zero-order valence-corrected chi connectivity index (χ0v) is 46.5. The quantitative estimate of drug-likeness (QED) is 0.105. The summed E-state index contributed by atoms with van der Waals surface area (Å²) in [4.78, 5) is 0. The zero-order valence-electron chi connectivity index (χ0n) is 40.3. The van der Waals surface area contributed by atoms with E-state index in [1.54, 1.807) is 0 Å². The Hall–Kier alpha value is 1.33. The molecule has 0 aromatic heterocycles. The van der Waals surface area contributed by atoms with Crippen LogP contribution in [0.5, 0.6) is 0 Å². The Balaban J connectivity index is 1.08. The third kappa shape index (κ3) is 13.1. The van der Waals surface area contributed by atoms with Crippen molar-refractivity contribution in [1.82, 2.24) is 0 Å². The maximum absolute atomic E-state index is 11.5. The van der Waals surface area contributed by atoms with Gasteiger partial charge in [-0.2, -0.15) is 88.4 Å². The number of ether oxygens (including phenoxy) is 14. The molecule has 77 heavy (non-hydrogen) atoms. The van der Waals surface area contributed by atoms with Crippen molar-refractivity contribution in [2.45, 2.75) is 215 Å². The molecular weight excluding hydrogens is 1180 g/mol. The molecule has 28 nitrogen and oxygen atoms in total. The second kappa shape index (κ2) is 27.8. The summed E-state index contributed by atoms with van der Waals surface area (Å²) >= 11 is 30.2. The second-order valence-corrected chi connectivity index (χ2v) is 22.2. The van der Waals surface area contributed by atoms with Crippen molar-refractivity contribution in [1.29, 1.82) is 0 Å². The van der Waals surface area contributed by atoms with Crippen LogP contribution in [0.2, 0.25) is 0 Å². The Bertz CT molecular complexity index is 1490. The van der Waals surface area contributed by atoms with Gasteiger partial charge in [0.05, 0.1) is 42.7 Å². The van der Waals surface area contributed by atoms with Crippen LogP contribution in [0.1, 0.15) is 0 Å². The Morgan fingerprint density at radius 2 is 0.273 bits per heavy atom. The summed E-state index contributed by atoms with van der Waals surface area (Å²) in [6, 6.07) is 0. The SMILES string of the molecule is O[C@H]1C2OC3[C@@H](CS)OC(OC4[C@@H](CS)OC(OC5[C@@H](CS)OC(OC6[C@@H](CS)OC(OC7[C@@H](CS)OC(OC8[C@@H](CS)OC(OC([C@@H](CS)O2)[C@@H]1O)[C@H](O)[C@H]8O)[C@H](O)[C@H]7O)[C@H](O)[C@H]6O)[C@H](O)[C@H]5O)[C@H](O)[C@H]4O)[C@H](O)[C@H]3O. The molecule has 0 aliphatic carbocycles. The molecule has 0 saturated carbocycles. The van der Waals surface area contributed by atoms with E-state index in [2.05, 4.69) is 88.4 Å². The van der Waals surface area contributed by atoms with Gasteiger partial charge in [0.15, 0.2) is 44.0 Å². The molecule has 21 aliphatic rings. The summed E-state index contributed by atoms with van der Waals surface area (Å²) in [5.41, 5.74) is 0. The standard InChI is InChI=1S/C42H70O28S7/c43-15-22(50)36-57-8(1-71)29(15)64-37-23(51)16(44)31(10(3-73)58-37)66-39-25(53)18(46)33(12(5-75)60-39)68-41-27(55)20(48)35(14(7-77)62-41)70-42-28(56)21(49)34(13(6-76)63-42)69-40-26(54)19(47)32(11(4-74)61-40)67-38-24(52)17(45)30(65-36)9(2-72)59-38/h8-56,71-77H,1-7H2/t8-,9-,10-,11-,12-,13-,14-,15-,16-,17-,18-,19-,20-,21-,22-,23-,24-,25-,26-,27-,28-,29?,30?,31?,32?,33?,34?,35?,36?,37?,38?,39?,40?,41?,42?/m1/s1. The molecule has 35 heteroatoms. The second-order valence-electron chi connectivity index (χ2n) is 19.7. The van der Waals surface area contributed by atoms with Crippen LogP contribution < -0.4 is 0 Å². The van der Waals surface area contributed by atoms with E-state index >= 15 is 0 Å². The molecule has 21 aliphatic heterocycles. The zero-order chi connectivity index (χ0) is 56.1. The van der Waals surface area contributed by atoms with Crippen LogP contribution in [0.25, 0.3) is 0 Å². The summed E-state index contributed by atoms with van der Waals surface area (Å²) in [5, 5.41) is 160. The van der Waals surface area contributed by atoms with Gasteiger partial charge < -0.3 is 138 Å². The van der Waals surface area contributed by atoms with Crippen LogP contribution in [0, 0.1) is 0 Å². The predicted octanol–water partition coefficient (Wildman–Crippen LogP) is -8.67. The maximum atomic E-state index is 11.5. The molecule has 35 atom stereocenters. The molecule has 21 saturated heterocycles. The van der Waals surface area contributed by atoms with E-state index < -0.39 is 215 Å². The third-order valence-electron chi connectivity index (χ3n) is 14.8. The van der Waals surface area contributed by atoms with E-state index in [0.717, 1.165) is 0 Å². The molecule has 448 valence electrons. The van der Waals surface area contributed by atoms with Crippen LogP contribution >= 0.6 is 88.4 Å². The van der Waals surface area contributed by atoms with Crippen molar-refractivity contribution in [3.8, 4) is 0 Å². The fourth-order valence-electron chi connectivity index (χ4n) is 10.4. The molecule has 21 fully saturated rings. The fraction of sp³-hybridized carbons (Fsp3) is 1.00. The van der Waals surface area contributed by atoms with Gasteiger partial charge in [-0.05, 0) is 0 Å². The first-order valence-corrected chi connectivity index (χ1v) is 29.0. The smallest absolute Gasteiger partial charge is 0.187 e. The monoisotopic (exact) mass is 1250 g/mol. The van der Waals surface area contributed by atoms with Crippen LogP contribution in [0.15, 0.2) is 0 Å². The summed E-state index contributed by atoms with van der Waals surface area (Å²) in [6.07, 6.45) is -59.8. The summed E-state index contributed by atoms with van der Waals surface area (Å²) in [5.74, 6) is -1.68. The van der Waals surface area contributed by atoms with Gasteiger partial charge in [-0.25, -0.2) is 0 Å². The highest BCUT2D eigenvalue weighted by Gasteiger charge is 2.59. The molecule has 0 amide bonds. The summed E-state index contributed by atoms with van der Waals surface area (Å²) < 4.78 is 83.5. The topological polar surface area (TPSA) is 412 Å². The molecule has 0 radical (unpaired) electrons. The summed E-state index contributed by atoms with van der Waals surface area (Å²) in [7, 11) is 0. The van der Waals surface area contributed by atoms with Gasteiger partial charge in [0, 0.05) is 40.3 Å². The maximum Gasteiger partial charge on any atom is 0.187 e. The van der Waals surface area contributed by atoms with Crippen LogP contribution in [-0.4, -0.2) is 327 Å². The lowest BCUT2D eigenvalue weighted by Crippen LogP contribution is -2.68. The minimum Gasteiger partial charge on any atom is -0.387 e. The highest BCUT2D eigenvalue weighted by molar-refractivity contribution is 7.81. The van der Waals surface area contributed by atoms with Gasteiger partial charge in [-0.3, -0.25) is 0 Å². The number of rotatable bonds is 7. The molecule has 0 aromatic rings. The number of hydrogen-bond donors (Lipinski definition) is 21. The molecule has 0 aromatic carbocycles. The van der Waals surface area contributed by atoms with E-state index in [9.17, 15) is 71.5 Å². The number of thiol groups is 7. The van der Waals surface area contributed by atoms with Crippen molar-refractivity contribution in [2.24, 2.45) is 0 Å². The van der Waals surface area contributed by atoms with E-state index in [1.807, 2.05) is 0 Å². The average Bonchev–Trinajstić information content (AvgIpc) is 3.46. The van der Waals surface area contributed by atoms with Gasteiger partial charge in [0.2, 0.25) is 0 Å². The van der Waals surface area contributed by atoms with Crippen LogP contribution in [0.3, 0.4) is 0 Å². The van der Waals surface area contributed by atoms with Gasteiger partial charge >= 0.3 is 0 Å². The number of aliphatic hydroxyl groups excluding tert-OH is 14. The first-order chi connectivity index (χ1) is 36.7. The third-order valence-corrected chi connectivity index (χ3v) is 17.3. The minimum absolute atomic E-state index is 0.240. The highest BCUT2D eigenvalue weighted by Crippen LogP contribution is 2.39. The van der Waals surface area contributed by atoms with Crippen LogP contribution in [-0.2, 0) is 66.3 Å². The van der Waals surface area contributed by atoms with E-state index in [1.165, 1.54) is 0 Å². The van der Waals surface area contributed by atoms with Crippen molar-refractivity contribution >= 4 is 88.4 Å². The van der Waals surface area contributed by atoms with Gasteiger partial charge in [0.1, 0.15) is 128 Å². The van der Waals surface area contributed by atoms with Crippen molar-refractivity contribution in [3.05, 3.63) is 0 Å². The first-order valence-electron chi connectivity index (χ1n) is 24.6. The fourth-order valence-corrected chi connectivity index (χ4v) is 12.5. The van der Waals surface area contributed by atoms with Gasteiger partial charge in [0.25, 0.3) is 0 Å². The van der Waals surface area contributed by atoms with Crippen molar-refractivity contribution in [2.75, 3.05) is 40.3 Å². The van der Waals surface area contributed by atoms with E-state index in [-0.39, 0.29) is 40.3 Å². The van der Waals surface area contributed by atoms with Crippen LogP contribution in [0.4, 0.5) is 0 Å². The number of aliphatic hydroxyl groups is 14. The molecular formula is C42H70O28S7. The normalized spacial score (nSPS) is 55.4. The molecule has 21 rings (SSSR count).